The van der Waals surface area contributed by atoms with Gasteiger partial charge in [-0.3, -0.25) is 9.59 Å². The predicted molar refractivity (Wildman–Crippen MR) is 90.9 cm³/mol. The molecule has 0 aliphatic heterocycles. The van der Waals surface area contributed by atoms with Gasteiger partial charge in [0.05, 0.1) is 0 Å². The van der Waals surface area contributed by atoms with Crippen LogP contribution in [0.3, 0.4) is 0 Å². The first kappa shape index (κ1) is 16.8. The van der Waals surface area contributed by atoms with Crippen LogP contribution in [-0.2, 0) is 9.59 Å². The predicted octanol–water partition coefficient (Wildman–Crippen LogP) is 3.44. The molecule has 3 rings (SSSR count). The molecule has 0 bridgehead atoms. The molecule has 130 valence electrons. The Morgan fingerprint density at radius 1 is 0.609 bits per heavy atom. The smallest absolute Gasteiger partial charge is 0.235 e. The highest BCUT2D eigenvalue weighted by Gasteiger charge is 2.48. The van der Waals surface area contributed by atoms with Gasteiger partial charge in [-0.05, 0) is 38.5 Å². The van der Waals surface area contributed by atoms with Gasteiger partial charge in [0.2, 0.25) is 11.8 Å². The van der Waals surface area contributed by atoms with Gasteiger partial charge in [-0.25, -0.2) is 0 Å². The van der Waals surface area contributed by atoms with Crippen LogP contribution in [0.5, 0.6) is 0 Å². The average molecular weight is 320 g/mol. The van der Waals surface area contributed by atoms with Crippen molar-refractivity contribution >= 4 is 11.8 Å². The van der Waals surface area contributed by atoms with E-state index in [9.17, 15) is 9.59 Å². The van der Waals surface area contributed by atoms with Gasteiger partial charge in [0.15, 0.2) is 0 Å². The third-order valence-electron chi connectivity index (χ3n) is 6.21. The molecule has 0 radical (unpaired) electrons. The lowest BCUT2D eigenvalue weighted by atomic mass is 9.82. The van der Waals surface area contributed by atoms with Crippen molar-refractivity contribution in [3.05, 3.63) is 0 Å². The molecule has 3 fully saturated rings. The first-order valence-electron chi connectivity index (χ1n) is 9.83. The Morgan fingerprint density at radius 2 is 1.00 bits per heavy atom. The molecule has 3 saturated carbocycles. The Kier molecular flexibility index (Phi) is 5.60. The topological polar surface area (TPSA) is 58.2 Å². The second-order valence-corrected chi connectivity index (χ2v) is 7.91. The number of amides is 2. The molecule has 0 aromatic heterocycles. The van der Waals surface area contributed by atoms with Gasteiger partial charge in [-0.2, -0.15) is 0 Å². The summed E-state index contributed by atoms with van der Waals surface area (Å²) in [7, 11) is 0. The Balaban J connectivity index is 1.62. The number of nitrogens with one attached hydrogen (secondary N) is 2. The van der Waals surface area contributed by atoms with Gasteiger partial charge in [0.25, 0.3) is 0 Å². The normalized spacial score (nSPS) is 25.9. The standard InChI is InChI=1S/C19H32N2O2/c22-17(20-15-9-3-1-4-10-15)19(13-7-8-14-19)18(23)21-16-11-5-2-6-12-16/h15-16H,1-14H2,(H,20,22)(H,21,23). The van der Waals surface area contributed by atoms with Crippen LogP contribution in [0.25, 0.3) is 0 Å². The van der Waals surface area contributed by atoms with Crippen LogP contribution in [0.1, 0.15) is 89.9 Å². The van der Waals surface area contributed by atoms with Crippen LogP contribution in [0.15, 0.2) is 0 Å². The van der Waals surface area contributed by atoms with Crippen LogP contribution in [-0.4, -0.2) is 23.9 Å². The second kappa shape index (κ2) is 7.67. The van der Waals surface area contributed by atoms with E-state index in [0.29, 0.717) is 0 Å². The van der Waals surface area contributed by atoms with Gasteiger partial charge in [0, 0.05) is 12.1 Å². The fraction of sp³-hybridized carbons (Fsp3) is 0.895. The largest absolute Gasteiger partial charge is 0.352 e. The third kappa shape index (κ3) is 3.89. The molecule has 0 unspecified atom stereocenters. The van der Waals surface area contributed by atoms with Gasteiger partial charge in [-0.15, -0.1) is 0 Å². The minimum Gasteiger partial charge on any atom is -0.352 e. The number of rotatable bonds is 4. The maximum absolute atomic E-state index is 12.9. The monoisotopic (exact) mass is 320 g/mol. The summed E-state index contributed by atoms with van der Waals surface area (Å²) in [5, 5.41) is 6.44. The number of hydrogen-bond acceptors (Lipinski definition) is 2. The van der Waals surface area contributed by atoms with Crippen LogP contribution in [0.4, 0.5) is 0 Å². The molecule has 3 aliphatic carbocycles. The van der Waals surface area contributed by atoms with E-state index in [4.69, 9.17) is 0 Å². The van der Waals surface area contributed by atoms with Gasteiger partial charge in [0.1, 0.15) is 5.41 Å². The highest BCUT2D eigenvalue weighted by atomic mass is 16.2. The maximum atomic E-state index is 12.9. The molecular formula is C19H32N2O2. The van der Waals surface area contributed by atoms with Crippen molar-refractivity contribution in [2.24, 2.45) is 5.41 Å². The second-order valence-electron chi connectivity index (χ2n) is 7.91. The summed E-state index contributed by atoms with van der Waals surface area (Å²) in [4.78, 5) is 25.9. The van der Waals surface area contributed by atoms with Crippen molar-refractivity contribution in [2.45, 2.75) is 102 Å². The van der Waals surface area contributed by atoms with Crippen molar-refractivity contribution < 1.29 is 9.59 Å². The van der Waals surface area contributed by atoms with E-state index in [0.717, 1.165) is 51.4 Å². The lowest BCUT2D eigenvalue weighted by Crippen LogP contribution is -2.54. The fourth-order valence-corrected chi connectivity index (χ4v) is 4.68. The van der Waals surface area contributed by atoms with Crippen molar-refractivity contribution in [2.75, 3.05) is 0 Å². The summed E-state index contributed by atoms with van der Waals surface area (Å²) in [6.45, 7) is 0. The quantitative estimate of drug-likeness (QED) is 0.780. The zero-order valence-corrected chi connectivity index (χ0v) is 14.4. The van der Waals surface area contributed by atoms with E-state index in [1.807, 2.05) is 0 Å². The molecule has 0 heterocycles. The average Bonchev–Trinajstić information content (AvgIpc) is 3.08. The summed E-state index contributed by atoms with van der Waals surface area (Å²) in [5.41, 5.74) is -0.783. The van der Waals surface area contributed by atoms with Gasteiger partial charge < -0.3 is 10.6 Å². The van der Waals surface area contributed by atoms with Crippen LogP contribution < -0.4 is 10.6 Å². The minimum atomic E-state index is -0.783. The summed E-state index contributed by atoms with van der Waals surface area (Å²) < 4.78 is 0. The Hall–Kier alpha value is -1.06. The zero-order chi connectivity index (χ0) is 16.1. The molecule has 2 N–H and O–H groups in total. The molecule has 4 nitrogen and oxygen atoms in total. The van der Waals surface area contributed by atoms with Crippen LogP contribution in [0, 0.1) is 5.41 Å². The lowest BCUT2D eigenvalue weighted by molar-refractivity contribution is -0.144. The summed E-state index contributed by atoms with van der Waals surface area (Å²) in [6.07, 6.45) is 15.1. The molecule has 0 spiro atoms. The van der Waals surface area contributed by atoms with Crippen molar-refractivity contribution in [1.82, 2.24) is 10.6 Å². The molecule has 0 aromatic carbocycles. The summed E-state index contributed by atoms with van der Waals surface area (Å²) in [6, 6.07) is 0.576. The Labute approximate surface area is 140 Å². The van der Waals surface area contributed by atoms with Crippen molar-refractivity contribution in [3.8, 4) is 0 Å². The third-order valence-corrected chi connectivity index (χ3v) is 6.21. The zero-order valence-electron chi connectivity index (χ0n) is 14.4. The molecular weight excluding hydrogens is 288 g/mol. The SMILES string of the molecule is O=C(NC1CCCCC1)C1(C(=O)NC2CCCCC2)CCCC1. The molecule has 23 heavy (non-hydrogen) atoms. The van der Waals surface area contributed by atoms with E-state index < -0.39 is 5.41 Å². The Bertz CT molecular complexity index is 383. The van der Waals surface area contributed by atoms with E-state index in [1.54, 1.807) is 0 Å². The lowest BCUT2D eigenvalue weighted by Gasteiger charge is -2.33. The van der Waals surface area contributed by atoms with Crippen molar-refractivity contribution in [3.63, 3.8) is 0 Å². The first-order valence-corrected chi connectivity index (χ1v) is 9.83. The highest BCUT2D eigenvalue weighted by Crippen LogP contribution is 2.39. The van der Waals surface area contributed by atoms with Crippen LogP contribution >= 0.6 is 0 Å². The number of carbonyl (C=O) groups is 2. The van der Waals surface area contributed by atoms with Crippen LogP contribution in [0.2, 0.25) is 0 Å². The molecule has 0 atom stereocenters. The fourth-order valence-electron chi connectivity index (χ4n) is 4.68. The molecule has 4 heteroatoms. The van der Waals surface area contributed by atoms with Gasteiger partial charge in [-0.1, -0.05) is 51.4 Å². The van der Waals surface area contributed by atoms with E-state index >= 15 is 0 Å². The number of carbonyl (C=O) groups excluding carboxylic acids is 2. The highest BCUT2D eigenvalue weighted by molar-refractivity contribution is 6.05. The van der Waals surface area contributed by atoms with Gasteiger partial charge >= 0.3 is 0 Å². The molecule has 0 saturated heterocycles. The number of hydrogen-bond donors (Lipinski definition) is 2. The summed E-state index contributed by atoms with van der Waals surface area (Å²) in [5.74, 6) is 0.0189. The van der Waals surface area contributed by atoms with Crippen molar-refractivity contribution in [1.29, 1.82) is 0 Å². The van der Waals surface area contributed by atoms with E-state index in [2.05, 4.69) is 10.6 Å². The van der Waals surface area contributed by atoms with E-state index in [-0.39, 0.29) is 23.9 Å². The summed E-state index contributed by atoms with van der Waals surface area (Å²) >= 11 is 0. The Morgan fingerprint density at radius 3 is 1.39 bits per heavy atom. The molecule has 3 aliphatic rings. The molecule has 2 amide bonds. The maximum Gasteiger partial charge on any atom is 0.235 e. The minimum absolute atomic E-state index is 0.00945. The van der Waals surface area contributed by atoms with E-state index in [1.165, 1.54) is 38.5 Å². The molecule has 0 aromatic rings. The first-order chi connectivity index (χ1) is 11.2.